The summed E-state index contributed by atoms with van der Waals surface area (Å²) in [5.41, 5.74) is -0.153. The maximum atomic E-state index is 12.8. The molecule has 0 radical (unpaired) electrons. The molecule has 1 aliphatic rings. The van der Waals surface area contributed by atoms with Crippen molar-refractivity contribution in [3.05, 3.63) is 29.1 Å². The molecule has 2 rings (SSSR count). The number of nitrogens with zero attached hydrogens (tertiary/aromatic N) is 1. The summed E-state index contributed by atoms with van der Waals surface area (Å²) in [4.78, 5) is 3.61. The van der Waals surface area contributed by atoms with E-state index in [-0.39, 0.29) is 17.5 Å². The minimum Gasteiger partial charge on any atom is -0.247 e. The van der Waals surface area contributed by atoms with Gasteiger partial charge >= 0.3 is 6.18 Å². The van der Waals surface area contributed by atoms with Crippen molar-refractivity contribution in [3.8, 4) is 0 Å². The Morgan fingerprint density at radius 1 is 1.31 bits per heavy atom. The Kier molecular flexibility index (Phi) is 3.10. The largest absolute Gasteiger partial charge is 0.433 e. The van der Waals surface area contributed by atoms with E-state index in [1.54, 1.807) is 6.07 Å². The lowest BCUT2D eigenvalue weighted by Crippen LogP contribution is -2.19. The number of alkyl halides is 4. The fraction of sp³-hybridized carbons (Fsp3) is 0.545. The van der Waals surface area contributed by atoms with Gasteiger partial charge in [-0.1, -0.05) is 12.5 Å². The number of aromatic nitrogens is 1. The molecular formula is C11H11ClF3N. The zero-order valence-electron chi connectivity index (χ0n) is 8.52. The monoisotopic (exact) mass is 249 g/mol. The predicted molar refractivity (Wildman–Crippen MR) is 55.4 cm³/mol. The third-order valence-electron chi connectivity index (χ3n) is 2.93. The summed E-state index contributed by atoms with van der Waals surface area (Å²) >= 11 is 5.50. The summed E-state index contributed by atoms with van der Waals surface area (Å²) in [5.74, 6) is 0.0297. The highest BCUT2D eigenvalue weighted by Gasteiger charge is 2.38. The molecule has 5 heteroatoms. The van der Waals surface area contributed by atoms with E-state index in [2.05, 4.69) is 4.98 Å². The minimum absolute atomic E-state index is 0.00796. The molecule has 0 atom stereocenters. The lowest BCUT2D eigenvalue weighted by molar-refractivity contribution is -0.142. The van der Waals surface area contributed by atoms with Gasteiger partial charge in [-0.2, -0.15) is 13.2 Å². The summed E-state index contributed by atoms with van der Waals surface area (Å²) in [6.07, 6.45) is -1.73. The van der Waals surface area contributed by atoms with Crippen LogP contribution in [0.25, 0.3) is 0 Å². The molecule has 1 heterocycles. The second kappa shape index (κ2) is 4.24. The van der Waals surface area contributed by atoms with E-state index in [0.717, 1.165) is 19.3 Å². The molecule has 0 bridgehead atoms. The van der Waals surface area contributed by atoms with Crippen LogP contribution >= 0.6 is 11.6 Å². The van der Waals surface area contributed by atoms with Crippen molar-refractivity contribution in [2.75, 3.05) is 0 Å². The molecule has 16 heavy (non-hydrogen) atoms. The Morgan fingerprint density at radius 3 is 2.44 bits per heavy atom. The van der Waals surface area contributed by atoms with Gasteiger partial charge in [0.2, 0.25) is 0 Å². The fourth-order valence-electron chi connectivity index (χ4n) is 1.86. The SMILES string of the molecule is FC(F)(F)c1nc(CCl)ccc1C1CCC1. The predicted octanol–water partition coefficient (Wildman–Crippen LogP) is 4.11. The number of pyridine rings is 1. The van der Waals surface area contributed by atoms with Crippen LogP contribution < -0.4 is 0 Å². The van der Waals surface area contributed by atoms with Crippen molar-refractivity contribution in [1.82, 2.24) is 4.98 Å². The first-order valence-electron chi connectivity index (χ1n) is 5.15. The van der Waals surface area contributed by atoms with Gasteiger partial charge in [0.1, 0.15) is 5.69 Å². The van der Waals surface area contributed by atoms with Gasteiger partial charge < -0.3 is 0 Å². The second-order valence-corrected chi connectivity index (χ2v) is 4.27. The van der Waals surface area contributed by atoms with Crippen LogP contribution in [0.15, 0.2) is 12.1 Å². The summed E-state index contributed by atoms with van der Waals surface area (Å²) in [5, 5.41) is 0. The Labute approximate surface area is 96.6 Å². The van der Waals surface area contributed by atoms with E-state index < -0.39 is 11.9 Å². The van der Waals surface area contributed by atoms with E-state index in [4.69, 9.17) is 11.6 Å². The van der Waals surface area contributed by atoms with Crippen molar-refractivity contribution >= 4 is 11.6 Å². The van der Waals surface area contributed by atoms with Crippen LogP contribution in [0.3, 0.4) is 0 Å². The molecule has 1 nitrogen and oxygen atoms in total. The molecule has 1 fully saturated rings. The van der Waals surface area contributed by atoms with Gasteiger partial charge in [-0.15, -0.1) is 11.6 Å². The summed E-state index contributed by atoms with van der Waals surface area (Å²) in [6, 6.07) is 3.10. The number of hydrogen-bond acceptors (Lipinski definition) is 1. The maximum absolute atomic E-state index is 12.8. The van der Waals surface area contributed by atoms with Crippen LogP contribution in [0.2, 0.25) is 0 Å². The van der Waals surface area contributed by atoms with Gasteiger partial charge in [-0.05, 0) is 30.4 Å². The van der Waals surface area contributed by atoms with Crippen molar-refractivity contribution in [1.29, 1.82) is 0 Å². The standard InChI is InChI=1S/C11H11ClF3N/c12-6-8-4-5-9(7-2-1-3-7)10(16-8)11(13,14)15/h4-5,7H,1-3,6H2. The molecule has 1 aromatic heterocycles. The van der Waals surface area contributed by atoms with Crippen LogP contribution in [-0.2, 0) is 12.1 Å². The lowest BCUT2D eigenvalue weighted by Gasteiger charge is -2.28. The van der Waals surface area contributed by atoms with Gasteiger partial charge in [0.05, 0.1) is 11.6 Å². The molecule has 0 spiro atoms. The smallest absolute Gasteiger partial charge is 0.247 e. The molecule has 0 unspecified atom stereocenters. The molecule has 0 aliphatic heterocycles. The highest BCUT2D eigenvalue weighted by molar-refractivity contribution is 6.16. The van der Waals surface area contributed by atoms with E-state index in [0.29, 0.717) is 5.56 Å². The Balaban J connectivity index is 2.42. The quantitative estimate of drug-likeness (QED) is 0.719. The molecule has 0 amide bonds. The first-order valence-corrected chi connectivity index (χ1v) is 5.69. The van der Waals surface area contributed by atoms with E-state index in [1.165, 1.54) is 6.07 Å². The molecule has 0 saturated heterocycles. The Morgan fingerprint density at radius 2 is 2.00 bits per heavy atom. The molecule has 0 aromatic carbocycles. The molecule has 1 saturated carbocycles. The van der Waals surface area contributed by atoms with Crippen LogP contribution in [0.1, 0.15) is 42.1 Å². The van der Waals surface area contributed by atoms with Crippen LogP contribution in [0, 0.1) is 0 Å². The van der Waals surface area contributed by atoms with Crippen LogP contribution in [-0.4, -0.2) is 4.98 Å². The lowest BCUT2D eigenvalue weighted by atomic mass is 9.79. The number of rotatable bonds is 2. The van der Waals surface area contributed by atoms with Gasteiger partial charge in [-0.3, -0.25) is 0 Å². The summed E-state index contributed by atoms with van der Waals surface area (Å²) < 4.78 is 38.3. The van der Waals surface area contributed by atoms with Crippen LogP contribution in [0.5, 0.6) is 0 Å². The zero-order valence-corrected chi connectivity index (χ0v) is 9.28. The summed E-state index contributed by atoms with van der Waals surface area (Å²) in [7, 11) is 0. The molecule has 0 N–H and O–H groups in total. The van der Waals surface area contributed by atoms with Crippen LogP contribution in [0.4, 0.5) is 13.2 Å². The summed E-state index contributed by atoms with van der Waals surface area (Å²) in [6.45, 7) is 0. The van der Waals surface area contributed by atoms with Crippen molar-refractivity contribution in [2.24, 2.45) is 0 Å². The van der Waals surface area contributed by atoms with E-state index >= 15 is 0 Å². The first-order chi connectivity index (χ1) is 7.52. The topological polar surface area (TPSA) is 12.9 Å². The minimum atomic E-state index is -4.38. The number of halogens is 4. The molecule has 88 valence electrons. The first kappa shape index (κ1) is 11.7. The van der Waals surface area contributed by atoms with Gasteiger partial charge in [0.25, 0.3) is 0 Å². The Bertz CT molecular complexity index is 385. The maximum Gasteiger partial charge on any atom is 0.433 e. The molecule has 1 aliphatic carbocycles. The van der Waals surface area contributed by atoms with Crippen molar-refractivity contribution in [2.45, 2.75) is 37.2 Å². The van der Waals surface area contributed by atoms with E-state index in [1.807, 2.05) is 0 Å². The normalized spacial score (nSPS) is 17.2. The van der Waals surface area contributed by atoms with Crippen molar-refractivity contribution in [3.63, 3.8) is 0 Å². The zero-order chi connectivity index (χ0) is 11.8. The Hall–Kier alpha value is -0.770. The van der Waals surface area contributed by atoms with Gasteiger partial charge in [0, 0.05) is 0 Å². The molecule has 1 aromatic rings. The second-order valence-electron chi connectivity index (χ2n) is 4.00. The average molecular weight is 250 g/mol. The van der Waals surface area contributed by atoms with E-state index in [9.17, 15) is 13.2 Å². The van der Waals surface area contributed by atoms with Crippen molar-refractivity contribution < 1.29 is 13.2 Å². The van der Waals surface area contributed by atoms with Gasteiger partial charge in [-0.25, -0.2) is 4.98 Å². The third-order valence-corrected chi connectivity index (χ3v) is 3.21. The average Bonchev–Trinajstić information content (AvgIpc) is 2.14. The van der Waals surface area contributed by atoms with Gasteiger partial charge in [0.15, 0.2) is 0 Å². The molecular weight excluding hydrogens is 239 g/mol. The third kappa shape index (κ3) is 2.17. The highest BCUT2D eigenvalue weighted by atomic mass is 35.5. The fourth-order valence-corrected chi connectivity index (χ4v) is 2.01. The highest BCUT2D eigenvalue weighted by Crippen LogP contribution is 2.42. The number of hydrogen-bond donors (Lipinski definition) is 0.